The van der Waals surface area contributed by atoms with Crippen LogP contribution in [-0.2, 0) is 14.3 Å². The Labute approximate surface area is 206 Å². The van der Waals surface area contributed by atoms with Crippen molar-refractivity contribution in [3.63, 3.8) is 0 Å². The van der Waals surface area contributed by atoms with E-state index in [4.69, 9.17) is 14.2 Å². The second-order valence-electron chi connectivity index (χ2n) is 11.0. The molecule has 192 valence electrons. The van der Waals surface area contributed by atoms with Crippen LogP contribution in [0.1, 0.15) is 85.6 Å². The maximum Gasteiger partial charge on any atom is 0.425 e. The minimum Gasteiger partial charge on any atom is -0.494 e. The Hall–Kier alpha value is -3.10. The predicted octanol–water partition coefficient (Wildman–Crippen LogP) is 5.62. The summed E-state index contributed by atoms with van der Waals surface area (Å²) in [5, 5.41) is 0. The number of carbonyl (C=O) groups excluding carboxylic acids is 4. The van der Waals surface area contributed by atoms with Gasteiger partial charge in [0.1, 0.15) is 22.5 Å². The van der Waals surface area contributed by atoms with Gasteiger partial charge in [-0.05, 0) is 97.8 Å². The van der Waals surface area contributed by atoms with Crippen molar-refractivity contribution in [2.75, 3.05) is 6.61 Å². The molecular formula is C26H36N2O7. The normalized spacial score (nSPS) is 23.0. The first-order valence-electron chi connectivity index (χ1n) is 12.1. The van der Waals surface area contributed by atoms with Crippen LogP contribution < -0.4 is 4.74 Å². The largest absolute Gasteiger partial charge is 0.494 e. The highest BCUT2D eigenvalue weighted by Crippen LogP contribution is 2.46. The SMILES string of the molecule is CCOc1ccc([C@H]2CC[C@@]3(CC2)C(=O)N(C(=O)OC(C)(C)C)C(=O)N3C(=O)OC(C)(C)C)cc1. The Morgan fingerprint density at radius 2 is 1.43 bits per heavy atom. The third kappa shape index (κ3) is 5.60. The van der Waals surface area contributed by atoms with Gasteiger partial charge in [-0.15, -0.1) is 0 Å². The second kappa shape index (κ2) is 9.51. The van der Waals surface area contributed by atoms with Gasteiger partial charge in [0.2, 0.25) is 0 Å². The van der Waals surface area contributed by atoms with Crippen molar-refractivity contribution >= 4 is 24.1 Å². The monoisotopic (exact) mass is 488 g/mol. The standard InChI is InChI=1S/C26H36N2O7/c1-8-33-19-11-9-17(10-12-19)18-13-15-26(16-14-18)20(29)27(22(31)34-24(2,3)4)21(30)28(26)23(32)35-25(5,6)7/h9-12,18H,8,13-16H2,1-7H3/t18-,26+. The molecule has 0 atom stereocenters. The van der Waals surface area contributed by atoms with Crippen LogP contribution in [0.5, 0.6) is 5.75 Å². The first kappa shape index (κ1) is 26.5. The number of hydrogen-bond acceptors (Lipinski definition) is 7. The first-order valence-corrected chi connectivity index (χ1v) is 12.1. The molecule has 5 amide bonds. The number of imide groups is 4. The van der Waals surface area contributed by atoms with E-state index < -0.39 is 40.9 Å². The molecule has 2 fully saturated rings. The van der Waals surface area contributed by atoms with E-state index in [0.29, 0.717) is 24.3 Å². The summed E-state index contributed by atoms with van der Waals surface area (Å²) in [7, 11) is 0. The van der Waals surface area contributed by atoms with E-state index in [1.165, 1.54) is 0 Å². The van der Waals surface area contributed by atoms with Gasteiger partial charge in [0, 0.05) is 0 Å². The first-order chi connectivity index (χ1) is 16.2. The lowest BCUT2D eigenvalue weighted by atomic mass is 9.73. The lowest BCUT2D eigenvalue weighted by Crippen LogP contribution is -2.55. The van der Waals surface area contributed by atoms with Crippen molar-refractivity contribution < 1.29 is 33.4 Å². The van der Waals surface area contributed by atoms with Crippen LogP contribution in [0.15, 0.2) is 24.3 Å². The van der Waals surface area contributed by atoms with Gasteiger partial charge in [0.15, 0.2) is 0 Å². The van der Waals surface area contributed by atoms with Crippen molar-refractivity contribution in [3.8, 4) is 5.75 Å². The molecule has 1 heterocycles. The molecule has 9 heteroatoms. The Kier molecular flexibility index (Phi) is 7.20. The van der Waals surface area contributed by atoms with E-state index in [-0.39, 0.29) is 18.8 Å². The highest BCUT2D eigenvalue weighted by atomic mass is 16.6. The average molecular weight is 489 g/mol. The highest BCUT2D eigenvalue weighted by molar-refractivity contribution is 6.20. The molecule has 0 aromatic heterocycles. The minimum atomic E-state index is -1.49. The topological polar surface area (TPSA) is 102 Å². The predicted molar refractivity (Wildman–Crippen MR) is 128 cm³/mol. The van der Waals surface area contributed by atoms with Gasteiger partial charge >= 0.3 is 18.2 Å². The van der Waals surface area contributed by atoms with E-state index in [1.807, 2.05) is 31.2 Å². The fourth-order valence-corrected chi connectivity index (χ4v) is 4.57. The summed E-state index contributed by atoms with van der Waals surface area (Å²) in [6.07, 6.45) is -0.502. The molecule has 1 aliphatic heterocycles. The maximum atomic E-state index is 13.6. The van der Waals surface area contributed by atoms with Crippen LogP contribution in [-0.4, -0.2) is 57.3 Å². The summed E-state index contributed by atoms with van der Waals surface area (Å²) in [6.45, 7) is 12.4. The second-order valence-corrected chi connectivity index (χ2v) is 11.0. The number of ether oxygens (including phenoxy) is 3. The zero-order valence-electron chi connectivity index (χ0n) is 21.7. The van der Waals surface area contributed by atoms with Gasteiger partial charge in [0.05, 0.1) is 6.61 Å². The summed E-state index contributed by atoms with van der Waals surface area (Å²) in [5.41, 5.74) is -2.21. The molecule has 0 unspecified atom stereocenters. The van der Waals surface area contributed by atoms with Gasteiger partial charge in [0.25, 0.3) is 5.91 Å². The fourth-order valence-electron chi connectivity index (χ4n) is 4.57. The van der Waals surface area contributed by atoms with Crippen molar-refractivity contribution in [1.29, 1.82) is 0 Å². The number of nitrogens with zero attached hydrogens (tertiary/aromatic N) is 2. The van der Waals surface area contributed by atoms with E-state index in [1.54, 1.807) is 41.5 Å². The Bertz CT molecular complexity index is 980. The van der Waals surface area contributed by atoms with Crippen LogP contribution in [0.25, 0.3) is 0 Å². The summed E-state index contributed by atoms with van der Waals surface area (Å²) >= 11 is 0. The number of amides is 5. The van der Waals surface area contributed by atoms with Gasteiger partial charge < -0.3 is 14.2 Å². The zero-order valence-corrected chi connectivity index (χ0v) is 21.7. The van der Waals surface area contributed by atoms with Crippen LogP contribution >= 0.6 is 0 Å². The molecule has 1 aromatic rings. The number of urea groups is 1. The molecule has 2 aliphatic rings. The Morgan fingerprint density at radius 3 is 1.91 bits per heavy atom. The number of rotatable bonds is 3. The molecule has 3 rings (SSSR count). The summed E-state index contributed by atoms with van der Waals surface area (Å²) in [5.74, 6) is 0.173. The molecule has 1 spiro atoms. The van der Waals surface area contributed by atoms with Crippen LogP contribution in [0.3, 0.4) is 0 Å². The average Bonchev–Trinajstić information content (AvgIpc) is 2.93. The molecule has 1 aliphatic carbocycles. The zero-order chi connectivity index (χ0) is 26.2. The molecule has 1 saturated heterocycles. The lowest BCUT2D eigenvalue weighted by Gasteiger charge is -2.40. The smallest absolute Gasteiger partial charge is 0.425 e. The van der Waals surface area contributed by atoms with E-state index >= 15 is 0 Å². The summed E-state index contributed by atoms with van der Waals surface area (Å²) < 4.78 is 16.3. The van der Waals surface area contributed by atoms with Gasteiger partial charge in [-0.2, -0.15) is 4.90 Å². The lowest BCUT2D eigenvalue weighted by molar-refractivity contribution is -0.134. The summed E-state index contributed by atoms with van der Waals surface area (Å²) in [6, 6.07) is 6.77. The number of carbonyl (C=O) groups is 4. The van der Waals surface area contributed by atoms with Gasteiger partial charge in [-0.1, -0.05) is 12.1 Å². The van der Waals surface area contributed by atoms with Crippen LogP contribution in [0.4, 0.5) is 14.4 Å². The Balaban J connectivity index is 1.89. The molecule has 35 heavy (non-hydrogen) atoms. The molecule has 0 radical (unpaired) electrons. The van der Waals surface area contributed by atoms with Crippen molar-refractivity contribution in [2.24, 2.45) is 0 Å². The molecule has 0 N–H and O–H groups in total. The van der Waals surface area contributed by atoms with E-state index in [0.717, 1.165) is 16.2 Å². The van der Waals surface area contributed by atoms with Crippen LogP contribution in [0, 0.1) is 0 Å². The molecular weight excluding hydrogens is 452 g/mol. The third-order valence-electron chi connectivity index (χ3n) is 6.04. The number of hydrogen-bond donors (Lipinski definition) is 0. The minimum absolute atomic E-state index is 0.135. The van der Waals surface area contributed by atoms with Gasteiger partial charge in [-0.3, -0.25) is 4.79 Å². The number of benzene rings is 1. The van der Waals surface area contributed by atoms with E-state index in [9.17, 15) is 19.2 Å². The summed E-state index contributed by atoms with van der Waals surface area (Å²) in [4.78, 5) is 54.1. The fraction of sp³-hybridized carbons (Fsp3) is 0.615. The highest BCUT2D eigenvalue weighted by Gasteiger charge is 2.64. The molecule has 1 aromatic carbocycles. The van der Waals surface area contributed by atoms with Gasteiger partial charge in [-0.25, -0.2) is 19.3 Å². The molecule has 1 saturated carbocycles. The quantitative estimate of drug-likeness (QED) is 0.509. The third-order valence-corrected chi connectivity index (χ3v) is 6.04. The van der Waals surface area contributed by atoms with Crippen molar-refractivity contribution in [1.82, 2.24) is 9.80 Å². The van der Waals surface area contributed by atoms with Crippen molar-refractivity contribution in [3.05, 3.63) is 29.8 Å². The van der Waals surface area contributed by atoms with E-state index in [2.05, 4.69) is 0 Å². The molecule has 0 bridgehead atoms. The molecule has 9 nitrogen and oxygen atoms in total. The van der Waals surface area contributed by atoms with Crippen molar-refractivity contribution in [2.45, 2.75) is 96.8 Å². The maximum absolute atomic E-state index is 13.6. The van der Waals surface area contributed by atoms with Crippen LogP contribution in [0.2, 0.25) is 0 Å². The Morgan fingerprint density at radius 1 is 0.914 bits per heavy atom.